The van der Waals surface area contributed by atoms with Crippen LogP contribution in [0.1, 0.15) is 5.56 Å². The lowest BCUT2D eigenvalue weighted by atomic mass is 10.2. The molecule has 2 heterocycles. The summed E-state index contributed by atoms with van der Waals surface area (Å²) in [6.45, 7) is 1.49. The molecule has 4 rings (SSSR count). The minimum absolute atomic E-state index is 0.0154. The smallest absolute Gasteiger partial charge is 0.246 e. The van der Waals surface area contributed by atoms with Crippen LogP contribution in [0, 0.1) is 0 Å². The summed E-state index contributed by atoms with van der Waals surface area (Å²) in [5.74, 6) is 1.67. The van der Waals surface area contributed by atoms with E-state index in [1.54, 1.807) is 24.1 Å². The molecule has 3 aromatic rings. The van der Waals surface area contributed by atoms with E-state index >= 15 is 0 Å². The van der Waals surface area contributed by atoms with Crippen molar-refractivity contribution in [3.63, 3.8) is 0 Å². The van der Waals surface area contributed by atoms with Crippen LogP contribution >= 0.6 is 11.6 Å². The Bertz CT molecular complexity index is 1010. The van der Waals surface area contributed by atoms with Crippen LogP contribution in [-0.2, 0) is 17.9 Å². The Kier molecular flexibility index (Phi) is 5.12. The van der Waals surface area contributed by atoms with E-state index in [0.717, 1.165) is 11.3 Å². The van der Waals surface area contributed by atoms with Crippen molar-refractivity contribution in [3.8, 4) is 22.9 Å². The van der Waals surface area contributed by atoms with Crippen molar-refractivity contribution in [1.29, 1.82) is 0 Å². The topological polar surface area (TPSA) is 82.4 Å². The maximum atomic E-state index is 12.5. The third-order valence-electron chi connectivity index (χ3n) is 4.30. The van der Waals surface area contributed by atoms with Gasteiger partial charge in [0.25, 0.3) is 0 Å². The molecule has 0 bridgehead atoms. The average Bonchev–Trinajstić information content (AvgIpc) is 3.16. The van der Waals surface area contributed by atoms with E-state index in [9.17, 15) is 4.79 Å². The van der Waals surface area contributed by atoms with Crippen LogP contribution in [0.2, 0.25) is 5.02 Å². The molecule has 0 spiro atoms. The van der Waals surface area contributed by atoms with Crippen molar-refractivity contribution in [3.05, 3.63) is 53.1 Å². The van der Waals surface area contributed by atoms with Gasteiger partial charge in [0.15, 0.2) is 11.5 Å². The predicted molar refractivity (Wildman–Crippen MR) is 102 cm³/mol. The van der Waals surface area contributed by atoms with Crippen molar-refractivity contribution in [2.45, 2.75) is 13.1 Å². The number of nitrogens with zero attached hydrogens (tertiary/aromatic N) is 5. The molecule has 144 valence electrons. The highest BCUT2D eigenvalue weighted by Crippen LogP contribution is 2.31. The Balaban J connectivity index is 1.40. The molecule has 0 aliphatic carbocycles. The van der Waals surface area contributed by atoms with Crippen LogP contribution in [-0.4, -0.2) is 51.3 Å². The van der Waals surface area contributed by atoms with Crippen LogP contribution < -0.4 is 9.47 Å². The lowest BCUT2D eigenvalue weighted by Gasteiger charge is -2.21. The van der Waals surface area contributed by atoms with E-state index in [1.165, 1.54) is 4.80 Å². The molecule has 0 unspecified atom stereocenters. The minimum atomic E-state index is -0.141. The van der Waals surface area contributed by atoms with Gasteiger partial charge < -0.3 is 14.4 Å². The lowest BCUT2D eigenvalue weighted by Crippen LogP contribution is -2.30. The van der Waals surface area contributed by atoms with Gasteiger partial charge in [0.05, 0.1) is 5.02 Å². The number of fused-ring (bicyclic) bond motifs is 1. The standard InChI is InChI=1S/C19H18ClN5O3/c1-24(11-13-6-7-16-17(10-13)28-9-8-27-16)18(26)12-25-22-19(21-23-25)14-4-2-3-5-15(14)20/h2-7,10H,8-9,11-12H2,1H3. The normalized spacial score (nSPS) is 12.6. The largest absolute Gasteiger partial charge is 0.486 e. The quantitative estimate of drug-likeness (QED) is 0.655. The number of rotatable bonds is 5. The summed E-state index contributed by atoms with van der Waals surface area (Å²) in [5.41, 5.74) is 1.62. The van der Waals surface area contributed by atoms with Crippen LogP contribution in [0.4, 0.5) is 0 Å². The van der Waals surface area contributed by atoms with E-state index in [1.807, 2.05) is 30.3 Å². The van der Waals surface area contributed by atoms with Crippen molar-refractivity contribution < 1.29 is 14.3 Å². The maximum Gasteiger partial charge on any atom is 0.246 e. The van der Waals surface area contributed by atoms with Crippen LogP contribution in [0.3, 0.4) is 0 Å². The first-order valence-corrected chi connectivity index (χ1v) is 9.13. The molecule has 1 aliphatic heterocycles. The van der Waals surface area contributed by atoms with Crippen molar-refractivity contribution in [2.75, 3.05) is 20.3 Å². The third kappa shape index (κ3) is 3.91. The van der Waals surface area contributed by atoms with Gasteiger partial charge in [0.1, 0.15) is 19.8 Å². The summed E-state index contributed by atoms with van der Waals surface area (Å²) < 4.78 is 11.1. The van der Waals surface area contributed by atoms with Gasteiger partial charge in [-0.2, -0.15) is 4.80 Å². The Morgan fingerprint density at radius 1 is 1.18 bits per heavy atom. The Morgan fingerprint density at radius 2 is 1.96 bits per heavy atom. The van der Waals surface area contributed by atoms with Gasteiger partial charge in [-0.25, -0.2) is 0 Å². The number of benzene rings is 2. The molecule has 0 fully saturated rings. The number of carbonyl (C=O) groups is 1. The van der Waals surface area contributed by atoms with Crippen LogP contribution in [0.25, 0.3) is 11.4 Å². The summed E-state index contributed by atoms with van der Waals surface area (Å²) in [6, 6.07) is 12.9. The number of tetrazole rings is 1. The molecule has 2 aromatic carbocycles. The van der Waals surface area contributed by atoms with Gasteiger partial charge in [-0.05, 0) is 35.0 Å². The molecule has 0 saturated heterocycles. The second kappa shape index (κ2) is 7.85. The molecule has 1 aromatic heterocycles. The molecule has 28 heavy (non-hydrogen) atoms. The molecule has 9 heteroatoms. The minimum Gasteiger partial charge on any atom is -0.486 e. The van der Waals surface area contributed by atoms with Crippen LogP contribution in [0.5, 0.6) is 11.5 Å². The number of amides is 1. The summed E-state index contributed by atoms with van der Waals surface area (Å²) in [4.78, 5) is 15.4. The molecule has 8 nitrogen and oxygen atoms in total. The first-order valence-electron chi connectivity index (χ1n) is 8.75. The van der Waals surface area contributed by atoms with E-state index in [4.69, 9.17) is 21.1 Å². The SMILES string of the molecule is CN(Cc1ccc2c(c1)OCCO2)C(=O)Cn1nnc(-c2ccccc2Cl)n1. The monoisotopic (exact) mass is 399 g/mol. The number of hydrogen-bond acceptors (Lipinski definition) is 6. The summed E-state index contributed by atoms with van der Waals surface area (Å²) in [7, 11) is 1.73. The van der Waals surface area contributed by atoms with E-state index in [0.29, 0.717) is 41.9 Å². The molecule has 0 radical (unpaired) electrons. The molecule has 0 N–H and O–H groups in total. The van der Waals surface area contributed by atoms with Gasteiger partial charge in [-0.3, -0.25) is 4.79 Å². The van der Waals surface area contributed by atoms with Gasteiger partial charge in [-0.15, -0.1) is 10.2 Å². The fourth-order valence-corrected chi connectivity index (χ4v) is 3.07. The Morgan fingerprint density at radius 3 is 2.79 bits per heavy atom. The highest BCUT2D eigenvalue weighted by atomic mass is 35.5. The molecular formula is C19H18ClN5O3. The zero-order chi connectivity index (χ0) is 19.5. The van der Waals surface area contributed by atoms with E-state index in [-0.39, 0.29) is 12.5 Å². The van der Waals surface area contributed by atoms with E-state index in [2.05, 4.69) is 15.4 Å². The van der Waals surface area contributed by atoms with Crippen molar-refractivity contribution in [1.82, 2.24) is 25.1 Å². The number of carbonyl (C=O) groups excluding carboxylic acids is 1. The zero-order valence-electron chi connectivity index (χ0n) is 15.2. The summed E-state index contributed by atoms with van der Waals surface area (Å²) in [5, 5.41) is 12.7. The molecule has 0 atom stereocenters. The second-order valence-electron chi connectivity index (χ2n) is 6.35. The van der Waals surface area contributed by atoms with Crippen molar-refractivity contribution in [2.24, 2.45) is 0 Å². The summed E-state index contributed by atoms with van der Waals surface area (Å²) in [6.07, 6.45) is 0. The number of hydrogen-bond donors (Lipinski definition) is 0. The zero-order valence-corrected chi connectivity index (χ0v) is 16.0. The highest BCUT2D eigenvalue weighted by molar-refractivity contribution is 6.33. The number of likely N-dealkylation sites (N-methyl/N-ethyl adjacent to an activating group) is 1. The van der Waals surface area contributed by atoms with E-state index < -0.39 is 0 Å². The highest BCUT2D eigenvalue weighted by Gasteiger charge is 2.16. The number of aromatic nitrogens is 4. The van der Waals surface area contributed by atoms with Gasteiger partial charge in [0.2, 0.25) is 11.7 Å². The fourth-order valence-electron chi connectivity index (χ4n) is 2.85. The Hall–Kier alpha value is -3.13. The van der Waals surface area contributed by atoms with Crippen molar-refractivity contribution >= 4 is 17.5 Å². The average molecular weight is 400 g/mol. The number of halogens is 1. The first kappa shape index (κ1) is 18.2. The van der Waals surface area contributed by atoms with Gasteiger partial charge >= 0.3 is 0 Å². The van der Waals surface area contributed by atoms with Crippen LogP contribution in [0.15, 0.2) is 42.5 Å². The Labute approximate surface area is 166 Å². The fraction of sp³-hybridized carbons (Fsp3) is 0.263. The molecule has 0 saturated carbocycles. The molecular weight excluding hydrogens is 382 g/mol. The first-order chi connectivity index (χ1) is 13.6. The third-order valence-corrected chi connectivity index (χ3v) is 4.63. The number of ether oxygens (including phenoxy) is 2. The molecule has 1 amide bonds. The predicted octanol–water partition coefficient (Wildman–Crippen LogP) is 2.42. The maximum absolute atomic E-state index is 12.5. The molecule has 1 aliphatic rings. The second-order valence-corrected chi connectivity index (χ2v) is 6.76. The van der Waals surface area contributed by atoms with Gasteiger partial charge in [0, 0.05) is 19.2 Å². The lowest BCUT2D eigenvalue weighted by molar-refractivity contribution is -0.131. The summed E-state index contributed by atoms with van der Waals surface area (Å²) >= 11 is 6.15. The van der Waals surface area contributed by atoms with Gasteiger partial charge in [-0.1, -0.05) is 29.8 Å².